The Morgan fingerprint density at radius 3 is 2.67 bits per heavy atom. The lowest BCUT2D eigenvalue weighted by Gasteiger charge is -2.33. The first kappa shape index (κ1) is 7.88. The zero-order valence-corrected chi connectivity index (χ0v) is 7.25. The van der Waals surface area contributed by atoms with E-state index in [4.69, 9.17) is 11.3 Å². The Morgan fingerprint density at radius 2 is 2.00 bits per heavy atom. The highest BCUT2D eigenvalue weighted by atomic mass is 16.5. The summed E-state index contributed by atoms with van der Waals surface area (Å²) in [5, 5.41) is 1.95. The van der Waals surface area contributed by atoms with Gasteiger partial charge < -0.3 is 4.74 Å². The molecule has 0 amide bonds. The molecule has 0 aromatic carbocycles. The van der Waals surface area contributed by atoms with Crippen LogP contribution in [0.5, 0.6) is 0 Å². The van der Waals surface area contributed by atoms with Crippen LogP contribution in [0, 0.1) is 6.57 Å². The second kappa shape index (κ2) is 2.95. The van der Waals surface area contributed by atoms with Crippen LogP contribution in [0.2, 0.25) is 0 Å². The fraction of sp³-hybridized carbons (Fsp3) is 0.889. The van der Waals surface area contributed by atoms with Gasteiger partial charge in [-0.1, -0.05) is 0 Å². The zero-order chi connectivity index (χ0) is 8.44. The van der Waals surface area contributed by atoms with E-state index in [0.717, 1.165) is 32.6 Å². The third kappa shape index (κ3) is 1.07. The zero-order valence-electron chi connectivity index (χ0n) is 7.25. The van der Waals surface area contributed by atoms with Crippen molar-refractivity contribution in [3.8, 4) is 0 Å². The molecule has 3 heteroatoms. The minimum absolute atomic E-state index is 0.194. The number of nitrogens with zero attached hydrogens (tertiary/aromatic N) is 2. The first-order chi connectivity index (χ1) is 5.87. The number of hydrogen-bond acceptors (Lipinski definition) is 2. The molecule has 2 saturated heterocycles. The molecule has 0 aromatic heterocycles. The molecule has 0 atom stereocenters. The lowest BCUT2D eigenvalue weighted by Crippen LogP contribution is -2.44. The second-order valence-electron chi connectivity index (χ2n) is 3.66. The van der Waals surface area contributed by atoms with E-state index in [1.165, 1.54) is 12.8 Å². The lowest BCUT2D eigenvalue weighted by molar-refractivity contribution is 0.00825. The van der Waals surface area contributed by atoms with Gasteiger partial charge >= 0.3 is 0 Å². The third-order valence-corrected chi connectivity index (χ3v) is 3.10. The highest BCUT2D eigenvalue weighted by molar-refractivity contribution is 4.98. The summed E-state index contributed by atoms with van der Waals surface area (Å²) < 4.78 is 5.32. The molecule has 12 heavy (non-hydrogen) atoms. The van der Waals surface area contributed by atoms with Crippen molar-refractivity contribution >= 4 is 0 Å². The molecule has 2 heterocycles. The van der Waals surface area contributed by atoms with Crippen LogP contribution in [0.4, 0.5) is 0 Å². The summed E-state index contributed by atoms with van der Waals surface area (Å²) in [6, 6.07) is 0. The van der Waals surface area contributed by atoms with Gasteiger partial charge in [-0.25, -0.2) is 0 Å². The largest absolute Gasteiger partial charge is 0.381 e. The van der Waals surface area contributed by atoms with Gasteiger partial charge in [0.05, 0.1) is 6.54 Å². The van der Waals surface area contributed by atoms with Gasteiger partial charge in [-0.3, -0.25) is 0 Å². The molecule has 2 rings (SSSR count). The van der Waals surface area contributed by atoms with Crippen molar-refractivity contribution in [1.29, 1.82) is 0 Å². The first-order valence-corrected chi connectivity index (χ1v) is 4.60. The van der Waals surface area contributed by atoms with Gasteiger partial charge in [0.15, 0.2) is 0 Å². The summed E-state index contributed by atoms with van der Waals surface area (Å²) in [5.74, 6) is 0. The summed E-state index contributed by atoms with van der Waals surface area (Å²) in [4.78, 5) is 3.59. The average molecular weight is 166 g/mol. The van der Waals surface area contributed by atoms with E-state index in [0.29, 0.717) is 0 Å². The van der Waals surface area contributed by atoms with E-state index in [1.54, 1.807) is 0 Å². The molecule has 1 spiro atoms. The number of hydrogen-bond donors (Lipinski definition) is 0. The molecular weight excluding hydrogens is 152 g/mol. The van der Waals surface area contributed by atoms with Gasteiger partial charge in [-0.2, -0.15) is 11.5 Å². The maximum absolute atomic E-state index is 7.07. The van der Waals surface area contributed by atoms with Crippen LogP contribution in [0.25, 0.3) is 4.95 Å². The predicted octanol–water partition coefficient (Wildman–Crippen LogP) is 1.47. The molecule has 3 nitrogen and oxygen atoms in total. The van der Waals surface area contributed by atoms with Crippen LogP contribution in [0.1, 0.15) is 25.7 Å². The van der Waals surface area contributed by atoms with E-state index < -0.39 is 0 Å². The molecule has 0 radical (unpaired) electrons. The minimum Gasteiger partial charge on any atom is -0.381 e. The van der Waals surface area contributed by atoms with Gasteiger partial charge in [0.1, 0.15) is 5.54 Å². The second-order valence-corrected chi connectivity index (χ2v) is 3.66. The standard InChI is InChI=1S/C9H14N2O/c1-10-11-6-2-3-9(11)4-7-12-8-5-9/h2-8H2. The molecule has 2 fully saturated rings. The smallest absolute Gasteiger partial charge is 0.112 e. The van der Waals surface area contributed by atoms with Gasteiger partial charge in [0.2, 0.25) is 0 Å². The number of ether oxygens (including phenoxy) is 1. The molecule has 0 N–H and O–H groups in total. The van der Waals surface area contributed by atoms with Crippen molar-refractivity contribution in [2.24, 2.45) is 0 Å². The van der Waals surface area contributed by atoms with Crippen LogP contribution >= 0.6 is 0 Å². The highest BCUT2D eigenvalue weighted by Gasteiger charge is 2.45. The molecule has 0 saturated carbocycles. The maximum Gasteiger partial charge on any atom is 0.112 e. The highest BCUT2D eigenvalue weighted by Crippen LogP contribution is 2.37. The van der Waals surface area contributed by atoms with Gasteiger partial charge in [0.25, 0.3) is 0 Å². The van der Waals surface area contributed by atoms with Crippen LogP contribution in [-0.4, -0.2) is 30.3 Å². The van der Waals surface area contributed by atoms with Gasteiger partial charge in [0, 0.05) is 26.1 Å². The van der Waals surface area contributed by atoms with Crippen molar-refractivity contribution < 1.29 is 4.74 Å². The fourth-order valence-corrected chi connectivity index (χ4v) is 2.34. The summed E-state index contributed by atoms with van der Waals surface area (Å²) in [6.07, 6.45) is 4.48. The van der Waals surface area contributed by atoms with Gasteiger partial charge in [-0.05, 0) is 12.8 Å². The summed E-state index contributed by atoms with van der Waals surface area (Å²) in [6.45, 7) is 9.71. The summed E-state index contributed by atoms with van der Waals surface area (Å²) in [7, 11) is 0. The Hall–Kier alpha value is -0.750. The first-order valence-electron chi connectivity index (χ1n) is 4.60. The Morgan fingerprint density at radius 1 is 1.25 bits per heavy atom. The Balaban J connectivity index is 2.12. The van der Waals surface area contributed by atoms with Crippen LogP contribution in [0.3, 0.4) is 0 Å². The minimum atomic E-state index is 0.194. The quantitative estimate of drug-likeness (QED) is 0.507. The molecule has 0 unspecified atom stereocenters. The Bertz CT molecular complexity index is 203. The molecule has 0 aromatic rings. The SMILES string of the molecule is [C-]#[N+]N1CCCC12CCOCC2. The van der Waals surface area contributed by atoms with Crippen molar-refractivity contribution in [2.45, 2.75) is 31.2 Å². The van der Waals surface area contributed by atoms with Crippen LogP contribution in [-0.2, 0) is 4.74 Å². The number of rotatable bonds is 0. The van der Waals surface area contributed by atoms with Crippen molar-refractivity contribution in [3.05, 3.63) is 11.5 Å². The van der Waals surface area contributed by atoms with Crippen molar-refractivity contribution in [2.75, 3.05) is 19.8 Å². The monoisotopic (exact) mass is 166 g/mol. The van der Waals surface area contributed by atoms with E-state index >= 15 is 0 Å². The normalized spacial score (nSPS) is 27.4. The molecule has 2 aliphatic heterocycles. The topological polar surface area (TPSA) is 16.8 Å². The molecule has 66 valence electrons. The van der Waals surface area contributed by atoms with Crippen LogP contribution < -0.4 is 0 Å². The van der Waals surface area contributed by atoms with E-state index in [-0.39, 0.29) is 5.54 Å². The average Bonchev–Trinajstić information content (AvgIpc) is 2.49. The van der Waals surface area contributed by atoms with E-state index in [9.17, 15) is 0 Å². The third-order valence-electron chi connectivity index (χ3n) is 3.10. The lowest BCUT2D eigenvalue weighted by atomic mass is 9.88. The summed E-state index contributed by atoms with van der Waals surface area (Å²) in [5.41, 5.74) is 0.194. The van der Waals surface area contributed by atoms with E-state index in [2.05, 4.69) is 4.95 Å². The predicted molar refractivity (Wildman–Crippen MR) is 45.3 cm³/mol. The molecular formula is C9H14N2O. The Kier molecular flexibility index (Phi) is 1.93. The van der Waals surface area contributed by atoms with Crippen molar-refractivity contribution in [1.82, 2.24) is 5.01 Å². The maximum atomic E-state index is 7.07. The van der Waals surface area contributed by atoms with E-state index in [1.807, 2.05) is 5.01 Å². The molecule has 2 aliphatic rings. The molecule has 0 bridgehead atoms. The summed E-state index contributed by atoms with van der Waals surface area (Å²) >= 11 is 0. The van der Waals surface area contributed by atoms with Crippen LogP contribution in [0.15, 0.2) is 0 Å². The van der Waals surface area contributed by atoms with Gasteiger partial charge in [-0.15, -0.1) is 5.01 Å². The molecule has 0 aliphatic carbocycles. The fourth-order valence-electron chi connectivity index (χ4n) is 2.34. The van der Waals surface area contributed by atoms with Crippen molar-refractivity contribution in [3.63, 3.8) is 0 Å². The Labute approximate surface area is 73.1 Å².